The van der Waals surface area contributed by atoms with Crippen LogP contribution >= 0.6 is 0 Å². The second-order valence-corrected chi connectivity index (χ2v) is 24.6. The predicted molar refractivity (Wildman–Crippen MR) is 266 cm³/mol. The maximum Gasteiger partial charge on any atom is 0.121 e. The van der Waals surface area contributed by atoms with Crippen molar-refractivity contribution in [2.75, 3.05) is 0 Å². The molecule has 3 heterocycles. The van der Waals surface area contributed by atoms with Gasteiger partial charge < -0.3 is 14.0 Å². The van der Waals surface area contributed by atoms with Crippen molar-refractivity contribution in [3.8, 4) is 39.5 Å². The van der Waals surface area contributed by atoms with Crippen LogP contribution in [-0.2, 0) is 31.9 Å². The monoisotopic (exact) mass is 1020 g/mol. The van der Waals surface area contributed by atoms with Crippen molar-refractivity contribution in [3.63, 3.8) is 0 Å². The fraction of sp³-hybridized carbons (Fsp3) is 0.263. The number of furan rings is 1. The quantitative estimate of drug-likeness (QED) is 0.113. The molecule has 0 unspecified atom stereocenters. The van der Waals surface area contributed by atoms with Gasteiger partial charge in [0.2, 0.25) is 0 Å². The Morgan fingerprint density at radius 1 is 0.762 bits per heavy atom. The van der Waals surface area contributed by atoms with Crippen LogP contribution in [0.4, 0.5) is 0 Å². The average Bonchev–Trinajstić information content (AvgIpc) is 3.81. The van der Waals surface area contributed by atoms with Gasteiger partial charge in [-0.1, -0.05) is 151 Å². The summed E-state index contributed by atoms with van der Waals surface area (Å²) in [6.07, 6.45) is 3.24. The van der Waals surface area contributed by atoms with E-state index in [-0.39, 0.29) is 31.4 Å². The molecule has 0 aliphatic rings. The molecule has 0 fully saturated rings. The van der Waals surface area contributed by atoms with Crippen LogP contribution in [-0.4, -0.2) is 22.6 Å². The average molecular weight is 1020 g/mol. The number of rotatable bonds is 8. The molecule has 63 heavy (non-hydrogen) atoms. The fourth-order valence-electron chi connectivity index (χ4n) is 8.53. The topological polar surface area (TPSA) is 43.9 Å². The van der Waals surface area contributed by atoms with Crippen molar-refractivity contribution in [3.05, 3.63) is 168 Å². The molecule has 323 valence electrons. The molecule has 0 aliphatic carbocycles. The van der Waals surface area contributed by atoms with Gasteiger partial charge in [0.25, 0.3) is 0 Å². The van der Waals surface area contributed by atoms with Gasteiger partial charge in [-0.3, -0.25) is 4.98 Å². The summed E-state index contributed by atoms with van der Waals surface area (Å²) in [7, 11) is -1.34. The molecular formula is C57H59IrN3OSi-2. The Balaban J connectivity index is 0.000000239. The van der Waals surface area contributed by atoms with E-state index < -0.39 is 8.07 Å². The van der Waals surface area contributed by atoms with Crippen LogP contribution in [0, 0.1) is 25.0 Å². The number of nitrogens with zero attached hydrogens (tertiary/aromatic N) is 3. The zero-order valence-electron chi connectivity index (χ0n) is 38.6. The molecule has 1 radical (unpaired) electrons. The molecule has 9 rings (SSSR count). The minimum atomic E-state index is -1.34. The molecule has 4 nitrogen and oxygen atoms in total. The second-order valence-electron chi connectivity index (χ2n) is 19.5. The van der Waals surface area contributed by atoms with Crippen molar-refractivity contribution in [2.24, 2.45) is 5.92 Å². The number of aryl methyl sites for hydroxylation is 1. The summed E-state index contributed by atoms with van der Waals surface area (Å²) in [6, 6.07) is 51.6. The summed E-state index contributed by atoms with van der Waals surface area (Å²) in [5, 5.41) is 3.68. The van der Waals surface area contributed by atoms with Crippen LogP contribution in [0.5, 0.6) is 0 Å². The smallest absolute Gasteiger partial charge is 0.121 e. The molecule has 6 aromatic carbocycles. The first-order valence-electron chi connectivity index (χ1n) is 22.1. The number of hydrogen-bond acceptors (Lipinski definition) is 3. The molecule has 9 aromatic rings. The van der Waals surface area contributed by atoms with Crippen molar-refractivity contribution in [1.82, 2.24) is 14.5 Å². The number of pyridine rings is 1. The third kappa shape index (κ3) is 9.46. The van der Waals surface area contributed by atoms with Crippen LogP contribution in [0.2, 0.25) is 19.6 Å². The second kappa shape index (κ2) is 18.4. The normalized spacial score (nSPS) is 12.0. The SMILES string of the molecule is CC(C)Cc1cc(-c2[c-]cccc2)ncc1[Si](C)(C)C.Cc1ccc2c(c1)oc1c(-c3nc4ccccc4n3-c3c(-c4ccccc4)cc(C(C)(C)C)cc3C(C)C)[c-]ccc12.[Ir]. The van der Waals surface area contributed by atoms with Crippen molar-refractivity contribution in [1.29, 1.82) is 0 Å². The van der Waals surface area contributed by atoms with Gasteiger partial charge in [0, 0.05) is 42.9 Å². The van der Waals surface area contributed by atoms with Crippen LogP contribution in [0.15, 0.2) is 138 Å². The summed E-state index contributed by atoms with van der Waals surface area (Å²) in [5.74, 6) is 1.79. The Bertz CT molecular complexity index is 3020. The van der Waals surface area contributed by atoms with Crippen molar-refractivity contribution < 1.29 is 24.5 Å². The molecule has 0 saturated heterocycles. The first-order chi connectivity index (χ1) is 29.6. The number of imidazole rings is 1. The van der Waals surface area contributed by atoms with Crippen molar-refractivity contribution in [2.45, 2.75) is 92.8 Å². The van der Waals surface area contributed by atoms with E-state index in [1.54, 1.807) is 0 Å². The molecule has 0 aliphatic heterocycles. The summed E-state index contributed by atoms with van der Waals surface area (Å²) in [6.45, 7) is 25.3. The van der Waals surface area contributed by atoms with Gasteiger partial charge in [-0.25, -0.2) is 0 Å². The van der Waals surface area contributed by atoms with Gasteiger partial charge in [0.1, 0.15) is 5.58 Å². The minimum absolute atomic E-state index is 0. The Labute approximate surface area is 389 Å². The summed E-state index contributed by atoms with van der Waals surface area (Å²) < 4.78 is 8.93. The molecule has 0 amide bonds. The van der Waals surface area contributed by atoms with Crippen molar-refractivity contribution >= 4 is 46.2 Å². The van der Waals surface area contributed by atoms with Gasteiger partial charge in [-0.2, -0.15) is 0 Å². The van der Waals surface area contributed by atoms with Crippen LogP contribution < -0.4 is 5.19 Å². The first kappa shape index (κ1) is 45.6. The van der Waals surface area contributed by atoms with E-state index >= 15 is 0 Å². The summed E-state index contributed by atoms with van der Waals surface area (Å²) >= 11 is 0. The van der Waals surface area contributed by atoms with E-state index in [9.17, 15) is 0 Å². The van der Waals surface area contributed by atoms with E-state index in [1.807, 2.05) is 24.3 Å². The van der Waals surface area contributed by atoms with Crippen LogP contribution in [0.25, 0.3) is 72.4 Å². The van der Waals surface area contributed by atoms with E-state index in [4.69, 9.17) is 9.40 Å². The maximum atomic E-state index is 6.58. The largest absolute Gasteiger partial charge is 0.501 e. The first-order valence-corrected chi connectivity index (χ1v) is 25.6. The molecule has 0 N–H and O–H groups in total. The maximum absolute atomic E-state index is 6.58. The van der Waals surface area contributed by atoms with E-state index in [0.717, 1.165) is 67.7 Å². The Hall–Kier alpha value is -5.39. The number of hydrogen-bond donors (Lipinski definition) is 0. The number of fused-ring (bicyclic) bond motifs is 4. The van der Waals surface area contributed by atoms with Gasteiger partial charge in [0.15, 0.2) is 0 Å². The number of benzene rings is 6. The zero-order valence-corrected chi connectivity index (χ0v) is 42.0. The number of aromatic nitrogens is 3. The van der Waals surface area contributed by atoms with Gasteiger partial charge in [-0.15, -0.1) is 54.1 Å². The Morgan fingerprint density at radius 3 is 2.17 bits per heavy atom. The Kier molecular flexibility index (Phi) is 13.3. The third-order valence-electron chi connectivity index (χ3n) is 11.7. The van der Waals surface area contributed by atoms with Crippen LogP contribution in [0.1, 0.15) is 76.6 Å². The third-order valence-corrected chi connectivity index (χ3v) is 13.8. The van der Waals surface area contributed by atoms with Gasteiger partial charge >= 0.3 is 0 Å². The zero-order chi connectivity index (χ0) is 43.9. The molecule has 0 spiro atoms. The number of para-hydroxylation sites is 2. The molecule has 6 heteroatoms. The standard InChI is InChI=1S/C39H35N2O.C18H24NSi.Ir/c1-24(2)31-22-27(39(4,5)6)23-32(26-13-8-7-9-14-26)36(31)41-34-18-11-10-17-33(34)40-38(41)30-16-12-15-29-28-20-19-25(3)21-35(28)42-37(29)30;1-14(2)11-16-12-17(15-9-7-6-8-10-15)19-13-18(16)20(3,4)5;/h7-15,17-24H,1-6H3;6-9,12-14H,11H2,1-5H3;/q2*-1;. The summed E-state index contributed by atoms with van der Waals surface area (Å²) in [4.78, 5) is 9.96. The van der Waals surface area contributed by atoms with E-state index in [1.165, 1.54) is 38.6 Å². The minimum Gasteiger partial charge on any atom is -0.501 e. The van der Waals surface area contributed by atoms with Gasteiger partial charge in [0.05, 0.1) is 30.5 Å². The van der Waals surface area contributed by atoms with Crippen LogP contribution in [0.3, 0.4) is 0 Å². The molecule has 0 saturated carbocycles. The molecular weight excluding hydrogens is 963 g/mol. The predicted octanol–water partition coefficient (Wildman–Crippen LogP) is 15.1. The van der Waals surface area contributed by atoms with E-state index in [2.05, 4.69) is 206 Å². The van der Waals surface area contributed by atoms with E-state index in [0.29, 0.717) is 5.92 Å². The van der Waals surface area contributed by atoms with Gasteiger partial charge in [-0.05, 0) is 88.0 Å². The summed E-state index contributed by atoms with van der Waals surface area (Å²) in [5.41, 5.74) is 15.5. The molecule has 3 aromatic heterocycles. The fourth-order valence-corrected chi connectivity index (χ4v) is 10.1. The molecule has 0 atom stereocenters. The molecule has 0 bridgehead atoms. The Morgan fingerprint density at radius 2 is 1.49 bits per heavy atom.